The van der Waals surface area contributed by atoms with Gasteiger partial charge < -0.3 is 14.5 Å². The molecule has 0 aliphatic carbocycles. The third-order valence-corrected chi connectivity index (χ3v) is 6.88. The van der Waals surface area contributed by atoms with Gasteiger partial charge in [0.15, 0.2) is 0 Å². The normalized spacial score (nSPS) is 19.7. The molecule has 2 saturated heterocycles. The van der Waals surface area contributed by atoms with Crippen LogP contribution in [0.25, 0.3) is 10.6 Å². The number of thiazole rings is 1. The molecule has 160 valence electrons. The van der Waals surface area contributed by atoms with Crippen molar-refractivity contribution in [3.8, 4) is 10.6 Å². The average molecular weight is 428 g/mol. The number of nitrogens with zero attached hydrogens (tertiary/aromatic N) is 3. The molecule has 0 saturated carbocycles. The van der Waals surface area contributed by atoms with E-state index >= 15 is 0 Å². The van der Waals surface area contributed by atoms with Crippen molar-refractivity contribution >= 4 is 23.2 Å². The first-order valence-corrected chi connectivity index (χ1v) is 11.7. The smallest absolute Gasteiger partial charge is 0.228 e. The summed E-state index contributed by atoms with van der Waals surface area (Å²) in [5.41, 5.74) is 3.20. The molecule has 1 unspecified atom stereocenters. The number of aryl methyl sites for hydroxylation is 1. The molecule has 0 N–H and O–H groups in total. The van der Waals surface area contributed by atoms with Crippen LogP contribution in [0.15, 0.2) is 29.6 Å². The van der Waals surface area contributed by atoms with Crippen molar-refractivity contribution < 1.29 is 14.3 Å². The van der Waals surface area contributed by atoms with Gasteiger partial charge in [0.25, 0.3) is 0 Å². The SMILES string of the molecule is CCc1ccc(-c2nc(CC(=O)N3CCCC(C(=O)N4CCOCC4)C3)cs2)cc1. The summed E-state index contributed by atoms with van der Waals surface area (Å²) in [6.45, 7) is 5.91. The fourth-order valence-corrected chi connectivity index (χ4v) is 4.94. The van der Waals surface area contributed by atoms with E-state index in [0.717, 1.165) is 42.1 Å². The molecule has 0 bridgehead atoms. The van der Waals surface area contributed by atoms with Gasteiger partial charge in [-0.2, -0.15) is 0 Å². The number of ether oxygens (including phenoxy) is 1. The van der Waals surface area contributed by atoms with E-state index < -0.39 is 0 Å². The van der Waals surface area contributed by atoms with E-state index in [-0.39, 0.29) is 17.7 Å². The van der Waals surface area contributed by atoms with Crippen LogP contribution in [0.4, 0.5) is 0 Å². The Morgan fingerprint density at radius 3 is 2.63 bits per heavy atom. The van der Waals surface area contributed by atoms with Crippen molar-refractivity contribution in [1.29, 1.82) is 0 Å². The zero-order valence-corrected chi connectivity index (χ0v) is 18.3. The van der Waals surface area contributed by atoms with Gasteiger partial charge in [0.1, 0.15) is 5.01 Å². The Bertz CT molecular complexity index is 874. The molecule has 0 spiro atoms. The second kappa shape index (κ2) is 9.71. The van der Waals surface area contributed by atoms with Gasteiger partial charge in [-0.05, 0) is 24.8 Å². The van der Waals surface area contributed by atoms with Crippen LogP contribution in [-0.2, 0) is 27.2 Å². The fraction of sp³-hybridized carbons (Fsp3) is 0.522. The molecule has 1 atom stereocenters. The number of aromatic nitrogens is 1. The molecule has 2 aliphatic rings. The quantitative estimate of drug-likeness (QED) is 0.736. The van der Waals surface area contributed by atoms with Crippen LogP contribution >= 0.6 is 11.3 Å². The number of benzene rings is 1. The summed E-state index contributed by atoms with van der Waals surface area (Å²) in [7, 11) is 0. The highest BCUT2D eigenvalue weighted by Gasteiger charge is 2.32. The van der Waals surface area contributed by atoms with Gasteiger partial charge in [0.2, 0.25) is 11.8 Å². The Kier molecular flexibility index (Phi) is 6.79. The highest BCUT2D eigenvalue weighted by Crippen LogP contribution is 2.25. The van der Waals surface area contributed by atoms with Gasteiger partial charge in [-0.3, -0.25) is 9.59 Å². The standard InChI is InChI=1S/C23H29N3O3S/c1-2-17-5-7-18(8-6-17)22-24-20(16-30-22)14-21(27)26-9-3-4-19(15-26)23(28)25-10-12-29-13-11-25/h5-8,16,19H,2-4,9-15H2,1H3. The van der Waals surface area contributed by atoms with Crippen molar-refractivity contribution in [2.24, 2.45) is 5.92 Å². The summed E-state index contributed by atoms with van der Waals surface area (Å²) in [6.07, 6.45) is 3.04. The minimum absolute atomic E-state index is 0.0626. The summed E-state index contributed by atoms with van der Waals surface area (Å²) in [6, 6.07) is 8.44. The minimum atomic E-state index is -0.0936. The maximum absolute atomic E-state index is 12.9. The van der Waals surface area contributed by atoms with Crippen LogP contribution in [0.5, 0.6) is 0 Å². The van der Waals surface area contributed by atoms with Crippen molar-refractivity contribution in [2.75, 3.05) is 39.4 Å². The van der Waals surface area contributed by atoms with Crippen LogP contribution in [0, 0.1) is 5.92 Å². The maximum atomic E-state index is 12.9. The van der Waals surface area contributed by atoms with Crippen LogP contribution in [0.2, 0.25) is 0 Å². The predicted molar refractivity (Wildman–Crippen MR) is 117 cm³/mol. The molecule has 2 aliphatic heterocycles. The number of carbonyl (C=O) groups is 2. The molecule has 4 rings (SSSR count). The Hall–Kier alpha value is -2.25. The highest BCUT2D eigenvalue weighted by molar-refractivity contribution is 7.13. The van der Waals surface area contributed by atoms with E-state index in [2.05, 4.69) is 36.2 Å². The van der Waals surface area contributed by atoms with Gasteiger partial charge in [-0.1, -0.05) is 31.2 Å². The van der Waals surface area contributed by atoms with Crippen molar-refractivity contribution in [3.05, 3.63) is 40.9 Å². The molecule has 6 nitrogen and oxygen atoms in total. The average Bonchev–Trinajstić information content (AvgIpc) is 3.27. The first-order chi connectivity index (χ1) is 14.6. The molecule has 2 aromatic rings. The molecule has 0 radical (unpaired) electrons. The largest absolute Gasteiger partial charge is 0.378 e. The van der Waals surface area contributed by atoms with Gasteiger partial charge in [0, 0.05) is 37.1 Å². The third kappa shape index (κ3) is 4.90. The molecule has 1 aromatic carbocycles. The molecule has 3 heterocycles. The lowest BCUT2D eigenvalue weighted by Crippen LogP contribution is -2.49. The number of likely N-dealkylation sites (tertiary alicyclic amines) is 1. The highest BCUT2D eigenvalue weighted by atomic mass is 32.1. The van der Waals surface area contributed by atoms with E-state index in [1.165, 1.54) is 5.56 Å². The van der Waals surface area contributed by atoms with Gasteiger partial charge >= 0.3 is 0 Å². The number of morpholine rings is 1. The van der Waals surface area contributed by atoms with Gasteiger partial charge in [0.05, 0.1) is 31.2 Å². The Balaban J connectivity index is 1.35. The van der Waals surface area contributed by atoms with E-state index in [0.29, 0.717) is 39.3 Å². The van der Waals surface area contributed by atoms with E-state index in [9.17, 15) is 9.59 Å². The summed E-state index contributed by atoms with van der Waals surface area (Å²) < 4.78 is 5.34. The molecular formula is C23H29N3O3S. The van der Waals surface area contributed by atoms with Crippen LogP contribution in [0.3, 0.4) is 0 Å². The third-order valence-electron chi connectivity index (χ3n) is 5.94. The van der Waals surface area contributed by atoms with Crippen LogP contribution in [0.1, 0.15) is 31.0 Å². The lowest BCUT2D eigenvalue weighted by Gasteiger charge is -2.36. The predicted octanol–water partition coefficient (Wildman–Crippen LogP) is 3.01. The van der Waals surface area contributed by atoms with Gasteiger partial charge in [-0.25, -0.2) is 4.98 Å². The molecular weight excluding hydrogens is 398 g/mol. The van der Waals surface area contributed by atoms with E-state index in [1.54, 1.807) is 11.3 Å². The number of hydrogen-bond donors (Lipinski definition) is 0. The zero-order chi connectivity index (χ0) is 20.9. The minimum Gasteiger partial charge on any atom is -0.378 e. The lowest BCUT2D eigenvalue weighted by molar-refractivity contribution is -0.143. The monoisotopic (exact) mass is 427 g/mol. The summed E-state index contributed by atoms with van der Waals surface area (Å²) in [5.74, 6) is 0.138. The number of rotatable bonds is 5. The van der Waals surface area contributed by atoms with Crippen molar-refractivity contribution in [1.82, 2.24) is 14.8 Å². The summed E-state index contributed by atoms with van der Waals surface area (Å²) >= 11 is 1.57. The molecule has 30 heavy (non-hydrogen) atoms. The Morgan fingerprint density at radius 2 is 1.90 bits per heavy atom. The van der Waals surface area contributed by atoms with Crippen LogP contribution in [-0.4, -0.2) is 66.0 Å². The fourth-order valence-electron chi connectivity index (χ4n) is 4.12. The first-order valence-electron chi connectivity index (χ1n) is 10.8. The molecule has 2 fully saturated rings. The van der Waals surface area contributed by atoms with Crippen LogP contribution < -0.4 is 0 Å². The van der Waals surface area contributed by atoms with Gasteiger partial charge in [-0.15, -0.1) is 11.3 Å². The first kappa shape index (κ1) is 21.0. The summed E-state index contributed by atoms with van der Waals surface area (Å²) in [5, 5.41) is 2.92. The molecule has 1 aromatic heterocycles. The number of hydrogen-bond acceptors (Lipinski definition) is 5. The van der Waals surface area contributed by atoms with E-state index in [1.807, 2.05) is 15.2 Å². The zero-order valence-electron chi connectivity index (χ0n) is 17.5. The Morgan fingerprint density at radius 1 is 1.13 bits per heavy atom. The molecule has 7 heteroatoms. The topological polar surface area (TPSA) is 62.7 Å². The second-order valence-electron chi connectivity index (χ2n) is 7.99. The van der Waals surface area contributed by atoms with Crippen molar-refractivity contribution in [2.45, 2.75) is 32.6 Å². The van der Waals surface area contributed by atoms with E-state index in [4.69, 9.17) is 4.74 Å². The molecule has 2 amide bonds. The lowest BCUT2D eigenvalue weighted by atomic mass is 9.96. The number of piperidine rings is 1. The Labute approximate surface area is 181 Å². The number of amides is 2. The maximum Gasteiger partial charge on any atom is 0.228 e. The van der Waals surface area contributed by atoms with Crippen molar-refractivity contribution in [3.63, 3.8) is 0 Å². The number of carbonyl (C=O) groups excluding carboxylic acids is 2. The summed E-state index contributed by atoms with van der Waals surface area (Å²) in [4.78, 5) is 34.1. The second-order valence-corrected chi connectivity index (χ2v) is 8.85.